The summed E-state index contributed by atoms with van der Waals surface area (Å²) in [4.78, 5) is 26.6. The Morgan fingerprint density at radius 1 is 1.20 bits per heavy atom. The molecule has 1 aromatic carbocycles. The number of esters is 1. The molecule has 0 bridgehead atoms. The second kappa shape index (κ2) is 8.36. The zero-order valence-electron chi connectivity index (χ0n) is 14.3. The normalized spacial score (nSPS) is 22.0. The van der Waals surface area contributed by atoms with E-state index in [4.69, 9.17) is 9.47 Å². The molecule has 5 nitrogen and oxygen atoms in total. The van der Waals surface area contributed by atoms with Gasteiger partial charge in [0, 0.05) is 24.6 Å². The zero-order valence-corrected chi connectivity index (χ0v) is 15.9. The molecule has 0 saturated carbocycles. The highest BCUT2D eigenvalue weighted by atomic mass is 32.2. The average molecular weight is 382 g/mol. The van der Waals surface area contributed by atoms with E-state index >= 15 is 0 Å². The fourth-order valence-corrected chi connectivity index (χ4v) is 6.61. The minimum atomic E-state index is -0.360. The lowest BCUT2D eigenvalue weighted by atomic mass is 9.97. The van der Waals surface area contributed by atoms with Crippen LogP contribution in [-0.2, 0) is 20.9 Å². The lowest BCUT2D eigenvalue weighted by Crippen LogP contribution is -2.52. The molecule has 1 unspecified atom stereocenters. The molecule has 25 heavy (non-hydrogen) atoms. The third kappa shape index (κ3) is 4.26. The van der Waals surface area contributed by atoms with E-state index in [1.54, 1.807) is 4.90 Å². The summed E-state index contributed by atoms with van der Waals surface area (Å²) in [6.07, 6.45) is 0.424. The Hall–Kier alpha value is -1.34. The van der Waals surface area contributed by atoms with E-state index < -0.39 is 0 Å². The summed E-state index contributed by atoms with van der Waals surface area (Å²) < 4.78 is 10.6. The van der Waals surface area contributed by atoms with Crippen LogP contribution in [0.1, 0.15) is 18.9 Å². The Morgan fingerprint density at radius 3 is 2.60 bits per heavy atom. The standard InChI is InChI=1S/C18H23NO4S2/c1-2-22-16(20)15-12-19(9-8-18(15)24-10-11-25-18)17(21)23-13-14-6-4-3-5-7-14/h3-7,15H,2,8-13H2,1H3. The largest absolute Gasteiger partial charge is 0.466 e. The van der Waals surface area contributed by atoms with Gasteiger partial charge in [0.25, 0.3) is 0 Å². The van der Waals surface area contributed by atoms with E-state index in [-0.39, 0.29) is 28.7 Å². The number of hydrogen-bond donors (Lipinski definition) is 0. The Kier molecular flexibility index (Phi) is 6.17. The maximum absolute atomic E-state index is 12.5. The minimum Gasteiger partial charge on any atom is -0.466 e. The van der Waals surface area contributed by atoms with Crippen LogP contribution in [0.15, 0.2) is 30.3 Å². The Balaban J connectivity index is 1.63. The number of rotatable bonds is 4. The number of amides is 1. The molecule has 2 saturated heterocycles. The highest BCUT2D eigenvalue weighted by Crippen LogP contribution is 2.53. The van der Waals surface area contributed by atoms with Crippen LogP contribution < -0.4 is 0 Å². The van der Waals surface area contributed by atoms with Crippen molar-refractivity contribution in [3.8, 4) is 0 Å². The van der Waals surface area contributed by atoms with E-state index in [9.17, 15) is 9.59 Å². The minimum absolute atomic E-state index is 0.150. The average Bonchev–Trinajstić information content (AvgIpc) is 3.10. The molecule has 1 amide bonds. The molecule has 7 heteroatoms. The topological polar surface area (TPSA) is 55.8 Å². The molecule has 3 rings (SSSR count). The van der Waals surface area contributed by atoms with Gasteiger partial charge in [0.1, 0.15) is 6.61 Å². The Morgan fingerprint density at radius 2 is 1.92 bits per heavy atom. The summed E-state index contributed by atoms with van der Waals surface area (Å²) in [5.41, 5.74) is 0.952. The quantitative estimate of drug-likeness (QED) is 0.745. The van der Waals surface area contributed by atoms with Gasteiger partial charge in [0.05, 0.1) is 16.6 Å². The first-order valence-corrected chi connectivity index (χ1v) is 10.5. The highest BCUT2D eigenvalue weighted by molar-refractivity contribution is 8.21. The van der Waals surface area contributed by atoms with Crippen LogP contribution in [0.25, 0.3) is 0 Å². The molecule has 2 fully saturated rings. The molecular weight excluding hydrogens is 358 g/mol. The van der Waals surface area contributed by atoms with Gasteiger partial charge >= 0.3 is 12.1 Å². The van der Waals surface area contributed by atoms with Crippen molar-refractivity contribution < 1.29 is 19.1 Å². The van der Waals surface area contributed by atoms with Crippen LogP contribution in [0.2, 0.25) is 0 Å². The molecule has 0 radical (unpaired) electrons. The van der Waals surface area contributed by atoms with Gasteiger partial charge in [0.2, 0.25) is 0 Å². The third-order valence-electron chi connectivity index (χ3n) is 4.47. The maximum atomic E-state index is 12.5. The fraction of sp³-hybridized carbons (Fsp3) is 0.556. The Bertz CT molecular complexity index is 604. The van der Waals surface area contributed by atoms with Gasteiger partial charge in [-0.15, -0.1) is 23.5 Å². The van der Waals surface area contributed by atoms with Crippen molar-refractivity contribution in [1.82, 2.24) is 4.90 Å². The van der Waals surface area contributed by atoms with E-state index in [0.29, 0.717) is 19.7 Å². The summed E-state index contributed by atoms with van der Waals surface area (Å²) in [5, 5.41) is 0. The van der Waals surface area contributed by atoms with Crippen LogP contribution in [0.5, 0.6) is 0 Å². The highest BCUT2D eigenvalue weighted by Gasteiger charge is 2.51. The van der Waals surface area contributed by atoms with E-state index in [2.05, 4.69) is 0 Å². The lowest BCUT2D eigenvalue weighted by molar-refractivity contribution is -0.149. The zero-order chi connectivity index (χ0) is 17.7. The molecular formula is C18H23NO4S2. The molecule has 0 aliphatic carbocycles. The number of piperidine rings is 1. The first-order chi connectivity index (χ1) is 12.1. The number of carbonyl (C=O) groups excluding carboxylic acids is 2. The van der Waals surface area contributed by atoms with Gasteiger partial charge in [-0.3, -0.25) is 4.79 Å². The summed E-state index contributed by atoms with van der Waals surface area (Å²) in [5.74, 6) is 1.57. The van der Waals surface area contributed by atoms with Gasteiger partial charge in [-0.2, -0.15) is 0 Å². The van der Waals surface area contributed by atoms with Crippen molar-refractivity contribution in [2.75, 3.05) is 31.2 Å². The van der Waals surface area contributed by atoms with E-state index in [1.165, 1.54) is 0 Å². The smallest absolute Gasteiger partial charge is 0.410 e. The number of likely N-dealkylation sites (tertiary alicyclic amines) is 1. The molecule has 136 valence electrons. The molecule has 2 heterocycles. The van der Waals surface area contributed by atoms with Crippen LogP contribution >= 0.6 is 23.5 Å². The Labute approximate surface area is 156 Å². The third-order valence-corrected chi connectivity index (χ3v) is 8.21. The van der Waals surface area contributed by atoms with Crippen LogP contribution in [-0.4, -0.2) is 52.2 Å². The van der Waals surface area contributed by atoms with Crippen molar-refractivity contribution in [2.45, 2.75) is 24.0 Å². The van der Waals surface area contributed by atoms with E-state index in [0.717, 1.165) is 23.5 Å². The van der Waals surface area contributed by atoms with Gasteiger partial charge in [0.15, 0.2) is 0 Å². The first-order valence-electron chi connectivity index (χ1n) is 8.55. The van der Waals surface area contributed by atoms with Crippen LogP contribution in [0, 0.1) is 5.92 Å². The van der Waals surface area contributed by atoms with Crippen LogP contribution in [0.3, 0.4) is 0 Å². The molecule has 2 aliphatic heterocycles. The fourth-order valence-electron chi connectivity index (χ4n) is 3.21. The van der Waals surface area contributed by atoms with Crippen molar-refractivity contribution in [1.29, 1.82) is 0 Å². The summed E-state index contributed by atoms with van der Waals surface area (Å²) >= 11 is 3.67. The summed E-state index contributed by atoms with van der Waals surface area (Å²) in [6, 6.07) is 9.60. The molecule has 0 aromatic heterocycles. The SMILES string of the molecule is CCOC(=O)C1CN(C(=O)OCc2ccccc2)CCC12SCCS2. The van der Waals surface area contributed by atoms with Crippen molar-refractivity contribution >= 4 is 35.6 Å². The molecule has 1 atom stereocenters. The predicted molar refractivity (Wildman–Crippen MR) is 101 cm³/mol. The van der Waals surface area contributed by atoms with Crippen molar-refractivity contribution in [3.05, 3.63) is 35.9 Å². The van der Waals surface area contributed by atoms with Gasteiger partial charge in [-0.05, 0) is 18.9 Å². The van der Waals surface area contributed by atoms with Gasteiger partial charge in [-0.1, -0.05) is 30.3 Å². The molecule has 0 N–H and O–H groups in total. The van der Waals surface area contributed by atoms with E-state index in [1.807, 2.05) is 60.8 Å². The maximum Gasteiger partial charge on any atom is 0.410 e. The number of nitrogens with zero attached hydrogens (tertiary/aromatic N) is 1. The molecule has 1 spiro atoms. The summed E-state index contributed by atoms with van der Waals surface area (Å²) in [7, 11) is 0. The monoisotopic (exact) mass is 381 g/mol. The van der Waals surface area contributed by atoms with Gasteiger partial charge in [-0.25, -0.2) is 4.79 Å². The number of benzene rings is 1. The number of ether oxygens (including phenoxy) is 2. The van der Waals surface area contributed by atoms with Crippen molar-refractivity contribution in [2.24, 2.45) is 5.92 Å². The number of carbonyl (C=O) groups is 2. The summed E-state index contributed by atoms with van der Waals surface area (Å²) in [6.45, 7) is 3.40. The molecule has 1 aromatic rings. The second-order valence-corrected chi connectivity index (χ2v) is 9.16. The van der Waals surface area contributed by atoms with Crippen LogP contribution in [0.4, 0.5) is 4.79 Å². The number of thioether (sulfide) groups is 2. The first kappa shape index (κ1) is 18.5. The lowest BCUT2D eigenvalue weighted by Gasteiger charge is -2.42. The number of hydrogen-bond acceptors (Lipinski definition) is 6. The molecule has 2 aliphatic rings. The van der Waals surface area contributed by atoms with Gasteiger partial charge < -0.3 is 14.4 Å². The second-order valence-electron chi connectivity index (χ2n) is 6.05. The van der Waals surface area contributed by atoms with Crippen molar-refractivity contribution in [3.63, 3.8) is 0 Å². The predicted octanol–water partition coefficient (Wildman–Crippen LogP) is 3.38.